The second-order valence-electron chi connectivity index (χ2n) is 8.09. The van der Waals surface area contributed by atoms with Crippen molar-refractivity contribution in [3.8, 4) is 11.5 Å². The summed E-state index contributed by atoms with van der Waals surface area (Å²) in [5, 5.41) is 9.12. The number of carbonyl (C=O) groups is 1. The summed E-state index contributed by atoms with van der Waals surface area (Å²) in [6, 6.07) is 10.6. The Balaban J connectivity index is 0.00000441. The average Bonchev–Trinajstić information content (AvgIpc) is 3.29. The van der Waals surface area contributed by atoms with E-state index in [1.165, 1.54) is 44.5 Å². The van der Waals surface area contributed by atoms with Gasteiger partial charge in [0, 0.05) is 41.3 Å². The van der Waals surface area contributed by atoms with Gasteiger partial charge >= 0.3 is 12.1 Å². The fraction of sp³-hybridized carbons (Fsp3) is 0.208. The molecule has 0 fully saturated rings. The van der Waals surface area contributed by atoms with Crippen molar-refractivity contribution in [2.45, 2.75) is 28.9 Å². The Labute approximate surface area is 251 Å². The van der Waals surface area contributed by atoms with E-state index in [2.05, 4.69) is 9.97 Å². The van der Waals surface area contributed by atoms with Crippen LogP contribution in [0.3, 0.4) is 0 Å². The van der Waals surface area contributed by atoms with Gasteiger partial charge in [0.2, 0.25) is 5.16 Å². The zero-order valence-electron chi connectivity index (χ0n) is 21.3. The molecule has 1 unspecified atom stereocenters. The van der Waals surface area contributed by atoms with Crippen LogP contribution in [0, 0.1) is 6.92 Å². The summed E-state index contributed by atoms with van der Waals surface area (Å²) in [7, 11) is -5.47. The number of methoxy groups -OCH3 is 1. The van der Waals surface area contributed by atoms with E-state index in [0.29, 0.717) is 0 Å². The summed E-state index contributed by atoms with van der Waals surface area (Å²) < 4.78 is 89.5. The Morgan fingerprint density at radius 3 is 2.48 bits per heavy atom. The van der Waals surface area contributed by atoms with E-state index in [9.17, 15) is 35.7 Å². The maximum atomic E-state index is 13.8. The van der Waals surface area contributed by atoms with E-state index in [0.717, 1.165) is 16.1 Å². The minimum atomic E-state index is -4.57. The molecule has 2 heterocycles. The molecule has 2 aromatic carbocycles. The number of fused-ring (bicyclic) bond motifs is 1. The molecule has 4 aromatic rings. The number of aromatic nitrogens is 3. The average molecular weight is 607 g/mol. The Morgan fingerprint density at radius 1 is 1.12 bits per heavy atom. The SMILES string of the molecule is COc1ccc(S(=O)(=O)n2c(S(=O)Cc3nccc(OCC(F)(F)F)c3C)nc3ccccc32)cc1C(=O)O.[Na]. The Bertz CT molecular complexity index is 1710. The first-order valence-electron chi connectivity index (χ1n) is 11.0. The van der Waals surface area contributed by atoms with Crippen molar-refractivity contribution < 1.29 is 45.2 Å². The van der Waals surface area contributed by atoms with E-state index < -0.39 is 55.8 Å². The van der Waals surface area contributed by atoms with Crippen molar-refractivity contribution in [2.24, 2.45) is 0 Å². The molecule has 0 aliphatic rings. The van der Waals surface area contributed by atoms with Crippen LogP contribution in [-0.2, 0) is 26.6 Å². The molecule has 2 aromatic heterocycles. The van der Waals surface area contributed by atoms with Crippen LogP contribution in [0.4, 0.5) is 13.2 Å². The number of alkyl halides is 3. The van der Waals surface area contributed by atoms with Crippen LogP contribution >= 0.6 is 0 Å². The van der Waals surface area contributed by atoms with E-state index in [1.807, 2.05) is 0 Å². The second kappa shape index (κ2) is 12.3. The van der Waals surface area contributed by atoms with Gasteiger partial charge in [-0.05, 0) is 43.3 Å². The molecule has 0 aliphatic carbocycles. The van der Waals surface area contributed by atoms with Crippen LogP contribution < -0.4 is 9.47 Å². The van der Waals surface area contributed by atoms with E-state index in [1.54, 1.807) is 12.1 Å². The molecular weight excluding hydrogens is 586 g/mol. The largest absolute Gasteiger partial charge is 0.496 e. The van der Waals surface area contributed by atoms with Crippen LogP contribution in [0.25, 0.3) is 11.0 Å². The van der Waals surface area contributed by atoms with Crippen LogP contribution in [0.1, 0.15) is 21.6 Å². The molecule has 1 radical (unpaired) electrons. The molecule has 4 rings (SSSR count). The van der Waals surface area contributed by atoms with Crippen molar-refractivity contribution in [3.63, 3.8) is 0 Å². The van der Waals surface area contributed by atoms with Gasteiger partial charge < -0.3 is 14.6 Å². The number of ether oxygens (including phenoxy) is 2. The summed E-state index contributed by atoms with van der Waals surface area (Å²) in [4.78, 5) is 19.6. The Morgan fingerprint density at radius 2 is 1.82 bits per heavy atom. The first-order chi connectivity index (χ1) is 18.3. The van der Waals surface area contributed by atoms with Gasteiger partial charge in [0.15, 0.2) is 6.61 Å². The summed E-state index contributed by atoms with van der Waals surface area (Å²) in [5.41, 5.74) is 0.188. The summed E-state index contributed by atoms with van der Waals surface area (Å²) in [6.07, 6.45) is -3.38. The van der Waals surface area contributed by atoms with Crippen molar-refractivity contribution in [1.29, 1.82) is 0 Å². The molecule has 0 saturated carbocycles. The van der Waals surface area contributed by atoms with Gasteiger partial charge in [-0.15, -0.1) is 0 Å². The standard InChI is InChI=1S/C24H20F3N3O7S2.Na/c1-14-18(28-10-9-20(14)37-13-24(25,26)27)12-38(33)23-29-17-5-3-4-6-19(17)30(23)39(34,35)15-7-8-21(36-2)16(11-15)22(31)32;/h3-11H,12-13H2,1-2H3,(H,31,32);. The molecule has 40 heavy (non-hydrogen) atoms. The summed E-state index contributed by atoms with van der Waals surface area (Å²) in [5.74, 6) is -1.99. The Hall–Kier alpha value is -2.98. The summed E-state index contributed by atoms with van der Waals surface area (Å²) >= 11 is 0. The zero-order valence-corrected chi connectivity index (χ0v) is 24.9. The van der Waals surface area contributed by atoms with Gasteiger partial charge in [-0.3, -0.25) is 9.19 Å². The third-order valence-electron chi connectivity index (χ3n) is 5.55. The van der Waals surface area contributed by atoms with Crippen molar-refractivity contribution in [2.75, 3.05) is 13.7 Å². The predicted molar refractivity (Wildman–Crippen MR) is 139 cm³/mol. The number of carboxylic acids is 1. The van der Waals surface area contributed by atoms with Crippen molar-refractivity contribution >= 4 is 67.4 Å². The minimum absolute atomic E-state index is 0. The molecule has 1 N–H and O–H groups in total. The number of rotatable bonds is 9. The molecular formula is C24H20F3N3NaO7S2. The van der Waals surface area contributed by atoms with Gasteiger partial charge in [0.05, 0.1) is 45.3 Å². The number of para-hydroxylation sites is 2. The van der Waals surface area contributed by atoms with Gasteiger partial charge in [0.25, 0.3) is 10.0 Å². The molecule has 207 valence electrons. The topological polar surface area (TPSA) is 138 Å². The predicted octanol–water partition coefficient (Wildman–Crippen LogP) is 3.55. The third-order valence-corrected chi connectivity index (χ3v) is 8.58. The number of carboxylic acid groups (broad SMARTS) is 1. The fourth-order valence-corrected chi connectivity index (χ4v) is 6.76. The van der Waals surface area contributed by atoms with Gasteiger partial charge in [0.1, 0.15) is 17.1 Å². The minimum Gasteiger partial charge on any atom is -0.496 e. The molecule has 16 heteroatoms. The van der Waals surface area contributed by atoms with Gasteiger partial charge in [-0.1, -0.05) is 12.1 Å². The van der Waals surface area contributed by atoms with Crippen molar-refractivity contribution in [1.82, 2.24) is 13.9 Å². The van der Waals surface area contributed by atoms with Crippen LogP contribution in [0.2, 0.25) is 0 Å². The molecule has 0 aliphatic heterocycles. The molecule has 1 atom stereocenters. The monoisotopic (exact) mass is 606 g/mol. The number of aromatic carboxylic acids is 1. The first-order valence-corrected chi connectivity index (χ1v) is 13.8. The molecule has 0 spiro atoms. The van der Waals surface area contributed by atoms with E-state index in [4.69, 9.17) is 9.47 Å². The second-order valence-corrected chi connectivity index (χ2v) is 11.2. The normalized spacial score (nSPS) is 12.5. The number of halogens is 3. The van der Waals surface area contributed by atoms with Crippen LogP contribution in [0.5, 0.6) is 11.5 Å². The number of hydrogen-bond donors (Lipinski definition) is 1. The third kappa shape index (κ3) is 6.49. The number of imidazole rings is 1. The van der Waals surface area contributed by atoms with Gasteiger partial charge in [-0.25, -0.2) is 22.2 Å². The first kappa shape index (κ1) is 31.5. The van der Waals surface area contributed by atoms with Gasteiger partial charge in [-0.2, -0.15) is 13.2 Å². The number of pyridine rings is 1. The molecule has 10 nitrogen and oxygen atoms in total. The van der Waals surface area contributed by atoms with E-state index in [-0.39, 0.29) is 68.5 Å². The maximum absolute atomic E-state index is 13.8. The van der Waals surface area contributed by atoms with Crippen LogP contribution in [-0.4, -0.2) is 87.1 Å². The number of hydrogen-bond acceptors (Lipinski definition) is 8. The van der Waals surface area contributed by atoms with Crippen LogP contribution in [0.15, 0.2) is 64.8 Å². The fourth-order valence-electron chi connectivity index (χ4n) is 3.69. The number of benzene rings is 2. The number of nitrogens with zero attached hydrogens (tertiary/aromatic N) is 3. The molecule has 0 saturated heterocycles. The quantitative estimate of drug-likeness (QED) is 0.284. The molecule has 0 bridgehead atoms. The van der Waals surface area contributed by atoms with Crippen molar-refractivity contribution in [3.05, 3.63) is 71.5 Å². The smallest absolute Gasteiger partial charge is 0.422 e. The zero-order chi connectivity index (χ0) is 28.5. The van der Waals surface area contributed by atoms with E-state index >= 15 is 0 Å². The molecule has 0 amide bonds. The Kier molecular flexibility index (Phi) is 9.67. The summed E-state index contributed by atoms with van der Waals surface area (Å²) in [6.45, 7) is -0.0929. The maximum Gasteiger partial charge on any atom is 0.422 e.